The molecule has 3 aromatic rings. The van der Waals surface area contributed by atoms with Gasteiger partial charge in [0.15, 0.2) is 23.0 Å². The first-order chi connectivity index (χ1) is 20.8. The normalized spacial score (nSPS) is 12.7. The Morgan fingerprint density at radius 3 is 2.09 bits per heavy atom. The molecule has 0 unspecified atom stereocenters. The first-order valence-corrected chi connectivity index (χ1v) is 14.8. The summed E-state index contributed by atoms with van der Waals surface area (Å²) in [6.45, 7) is 3.17. The average molecular weight is 623 g/mol. The maximum absolute atomic E-state index is 13.8. The second kappa shape index (κ2) is 14.7. The molecule has 1 aliphatic rings. The van der Waals surface area contributed by atoms with Crippen LogP contribution in [0.3, 0.4) is 0 Å². The van der Waals surface area contributed by atoms with Gasteiger partial charge >= 0.3 is 0 Å². The molecule has 1 fully saturated rings. The highest BCUT2D eigenvalue weighted by molar-refractivity contribution is 8.23. The number of carbonyl (C=O) groups excluding carboxylic acids is 1. The molecular formula is C31H34N4O6S2. The number of hydrogen-bond donors (Lipinski definition) is 1. The van der Waals surface area contributed by atoms with Crippen molar-refractivity contribution in [3.8, 4) is 34.8 Å². The highest BCUT2D eigenvalue weighted by Gasteiger charge is 2.25. The fourth-order valence-corrected chi connectivity index (χ4v) is 5.88. The number of amides is 1. The third-order valence-electron chi connectivity index (χ3n) is 7.06. The van der Waals surface area contributed by atoms with Crippen LogP contribution in [0.2, 0.25) is 0 Å². The van der Waals surface area contributed by atoms with Gasteiger partial charge in [-0.3, -0.25) is 4.79 Å². The zero-order valence-corrected chi connectivity index (χ0v) is 26.2. The van der Waals surface area contributed by atoms with Gasteiger partial charge in [-0.1, -0.05) is 30.0 Å². The Hall–Kier alpha value is -4.34. The van der Waals surface area contributed by atoms with Crippen LogP contribution >= 0.6 is 24.0 Å². The van der Waals surface area contributed by atoms with Crippen LogP contribution in [0.4, 0.5) is 11.4 Å². The molecular weight excluding hydrogens is 588 g/mol. The largest absolute Gasteiger partial charge is 0.504 e. The molecule has 4 rings (SSSR count). The Balaban J connectivity index is 1.48. The highest BCUT2D eigenvalue weighted by atomic mass is 32.2. The molecule has 1 N–H and O–H groups in total. The van der Waals surface area contributed by atoms with E-state index in [0.717, 1.165) is 31.9 Å². The Bertz CT molecular complexity index is 1460. The molecule has 1 amide bonds. The van der Waals surface area contributed by atoms with Crippen molar-refractivity contribution in [2.45, 2.75) is 6.54 Å². The Labute approximate surface area is 261 Å². The molecule has 0 aliphatic carbocycles. The van der Waals surface area contributed by atoms with Crippen LogP contribution in [0.1, 0.15) is 11.1 Å². The summed E-state index contributed by atoms with van der Waals surface area (Å²) >= 11 is 7.05. The molecule has 10 nitrogen and oxygen atoms in total. The smallest absolute Gasteiger partial charge is 0.237 e. The summed E-state index contributed by atoms with van der Waals surface area (Å²) < 4.78 is 22.3. The molecule has 3 aromatic carbocycles. The van der Waals surface area contributed by atoms with E-state index in [4.69, 9.17) is 36.4 Å². The third kappa shape index (κ3) is 7.55. The Kier molecular flexibility index (Phi) is 10.8. The number of nitrogens with zero attached hydrogens (tertiary/aromatic N) is 4. The van der Waals surface area contributed by atoms with Crippen molar-refractivity contribution in [2.24, 2.45) is 0 Å². The maximum atomic E-state index is 13.8. The van der Waals surface area contributed by atoms with Crippen LogP contribution in [0.25, 0.3) is 0 Å². The van der Waals surface area contributed by atoms with Crippen molar-refractivity contribution in [1.82, 2.24) is 4.90 Å². The third-order valence-corrected chi connectivity index (χ3v) is 8.57. The average Bonchev–Trinajstić information content (AvgIpc) is 3.05. The predicted octanol–water partition coefficient (Wildman–Crippen LogP) is 4.67. The van der Waals surface area contributed by atoms with Gasteiger partial charge in [-0.2, -0.15) is 5.26 Å². The number of ether oxygens (including phenoxy) is 4. The van der Waals surface area contributed by atoms with Gasteiger partial charge in [0.05, 0.1) is 58.1 Å². The van der Waals surface area contributed by atoms with E-state index < -0.39 is 0 Å². The molecule has 1 heterocycles. The first-order valence-electron chi connectivity index (χ1n) is 13.4. The van der Waals surface area contributed by atoms with Gasteiger partial charge < -0.3 is 38.8 Å². The minimum atomic E-state index is -0.187. The zero-order chi connectivity index (χ0) is 30.9. The molecule has 0 radical (unpaired) electrons. The van der Waals surface area contributed by atoms with E-state index in [1.807, 2.05) is 24.3 Å². The van der Waals surface area contributed by atoms with E-state index in [-0.39, 0.29) is 24.0 Å². The molecule has 0 atom stereocenters. The quantitative estimate of drug-likeness (QED) is 0.319. The van der Waals surface area contributed by atoms with Crippen molar-refractivity contribution in [2.75, 3.05) is 70.2 Å². The second-order valence-electron chi connectivity index (χ2n) is 9.56. The van der Waals surface area contributed by atoms with Gasteiger partial charge in [-0.25, -0.2) is 0 Å². The van der Waals surface area contributed by atoms with Crippen molar-refractivity contribution in [3.05, 3.63) is 65.7 Å². The topological polar surface area (TPSA) is 108 Å². The highest BCUT2D eigenvalue weighted by Crippen LogP contribution is 2.41. The first kappa shape index (κ1) is 31.6. The number of thiocarbonyl (C=S) groups is 1. The summed E-state index contributed by atoms with van der Waals surface area (Å²) in [5.41, 5.74) is 2.94. The standard InChI is InChI=1S/C31H34N4O6S2/c1-38-26-10-7-22(15-25(26)36)19-35(24-16-27(39-2)30(41-4)28(17-24)40-3)29(37)20-43-31(42)34-13-11-33(12-14-34)23-8-5-21(18-32)6-9-23/h5-10,15-17,36H,11-14,19-20H2,1-4H3. The molecule has 43 heavy (non-hydrogen) atoms. The SMILES string of the molecule is COc1ccc(CN(C(=O)CSC(=S)N2CCN(c3ccc(C#N)cc3)CC2)c2cc(OC)c(OC)c(OC)c2)cc1O. The minimum Gasteiger partial charge on any atom is -0.504 e. The number of anilines is 2. The van der Waals surface area contributed by atoms with Crippen molar-refractivity contribution in [1.29, 1.82) is 5.26 Å². The Morgan fingerprint density at radius 2 is 1.56 bits per heavy atom. The number of rotatable bonds is 10. The summed E-state index contributed by atoms with van der Waals surface area (Å²) in [7, 11) is 6.03. The number of methoxy groups -OCH3 is 4. The lowest BCUT2D eigenvalue weighted by molar-refractivity contribution is -0.116. The van der Waals surface area contributed by atoms with Crippen LogP contribution in [-0.4, -0.2) is 80.6 Å². The number of carbonyl (C=O) groups is 1. The van der Waals surface area contributed by atoms with Gasteiger partial charge in [-0.15, -0.1) is 0 Å². The number of benzene rings is 3. The number of phenolic OH excluding ortho intramolecular Hbond substituents is 1. The summed E-state index contributed by atoms with van der Waals surface area (Å²) in [4.78, 5) is 19.7. The monoisotopic (exact) mass is 622 g/mol. The molecule has 0 spiro atoms. The van der Waals surface area contributed by atoms with E-state index in [1.165, 1.54) is 40.2 Å². The molecule has 226 valence electrons. The fraction of sp³-hybridized carbons (Fsp3) is 0.323. The lowest BCUT2D eigenvalue weighted by atomic mass is 10.1. The van der Waals surface area contributed by atoms with Crippen LogP contribution in [0, 0.1) is 11.3 Å². The van der Waals surface area contributed by atoms with E-state index in [1.54, 1.807) is 35.2 Å². The summed E-state index contributed by atoms with van der Waals surface area (Å²) in [5, 5.41) is 19.4. The molecule has 1 aliphatic heterocycles. The van der Waals surface area contributed by atoms with E-state index >= 15 is 0 Å². The Morgan fingerprint density at radius 1 is 0.930 bits per heavy atom. The lowest BCUT2D eigenvalue weighted by Crippen LogP contribution is -2.47. The molecule has 1 saturated heterocycles. The van der Waals surface area contributed by atoms with Gasteiger partial charge in [-0.05, 0) is 42.0 Å². The summed E-state index contributed by atoms with van der Waals surface area (Å²) in [6.07, 6.45) is 0. The van der Waals surface area contributed by atoms with Gasteiger partial charge in [0.1, 0.15) is 4.32 Å². The number of phenols is 1. The second-order valence-corrected chi connectivity index (χ2v) is 11.2. The van der Waals surface area contributed by atoms with Crippen LogP contribution < -0.4 is 28.7 Å². The molecule has 12 heteroatoms. The number of thioether (sulfide) groups is 1. The molecule has 0 saturated carbocycles. The number of nitriles is 1. The predicted molar refractivity (Wildman–Crippen MR) is 172 cm³/mol. The van der Waals surface area contributed by atoms with Gasteiger partial charge in [0, 0.05) is 44.0 Å². The van der Waals surface area contributed by atoms with Crippen LogP contribution in [0.5, 0.6) is 28.7 Å². The van der Waals surface area contributed by atoms with E-state index in [2.05, 4.69) is 15.9 Å². The fourth-order valence-electron chi connectivity index (χ4n) is 4.75. The van der Waals surface area contributed by atoms with Crippen molar-refractivity contribution in [3.63, 3.8) is 0 Å². The summed E-state index contributed by atoms with van der Waals surface area (Å²) in [5.74, 6) is 1.48. The minimum absolute atomic E-state index is 0.0204. The van der Waals surface area contributed by atoms with Crippen LogP contribution in [-0.2, 0) is 11.3 Å². The van der Waals surface area contributed by atoms with Gasteiger partial charge in [0.25, 0.3) is 0 Å². The van der Waals surface area contributed by atoms with Crippen LogP contribution in [0.15, 0.2) is 54.6 Å². The molecule has 0 bridgehead atoms. The number of piperazine rings is 1. The number of hydrogen-bond acceptors (Lipinski definition) is 10. The lowest BCUT2D eigenvalue weighted by Gasteiger charge is -2.37. The number of aromatic hydroxyl groups is 1. The summed E-state index contributed by atoms with van der Waals surface area (Å²) in [6, 6.07) is 18.2. The van der Waals surface area contributed by atoms with E-state index in [9.17, 15) is 9.90 Å². The molecule has 0 aromatic heterocycles. The maximum Gasteiger partial charge on any atom is 0.237 e. The van der Waals surface area contributed by atoms with E-state index in [0.29, 0.717) is 44.1 Å². The van der Waals surface area contributed by atoms with Gasteiger partial charge in [0.2, 0.25) is 11.7 Å². The van der Waals surface area contributed by atoms with Crippen molar-refractivity contribution < 1.29 is 28.8 Å². The van der Waals surface area contributed by atoms with Crippen molar-refractivity contribution >= 4 is 45.6 Å². The zero-order valence-electron chi connectivity index (χ0n) is 24.5.